The Morgan fingerprint density at radius 2 is 2.03 bits per heavy atom. The summed E-state index contributed by atoms with van der Waals surface area (Å²) in [5.41, 5.74) is -2.44. The highest BCUT2D eigenvalue weighted by Crippen LogP contribution is 2.69. The van der Waals surface area contributed by atoms with Crippen molar-refractivity contribution in [2.24, 2.45) is 22.7 Å². The van der Waals surface area contributed by atoms with E-state index in [4.69, 9.17) is 13.9 Å². The molecule has 158 valence electrons. The summed E-state index contributed by atoms with van der Waals surface area (Å²) in [4.78, 5) is 25.0. The molecule has 0 radical (unpaired) electrons. The van der Waals surface area contributed by atoms with Gasteiger partial charge in [0, 0.05) is 30.2 Å². The number of furan rings is 1. The second kappa shape index (κ2) is 5.64. The molecule has 1 aromatic rings. The lowest BCUT2D eigenvalue weighted by Gasteiger charge is -2.68. The number of carbonyl (C=O) groups excluding carboxylic acids is 2. The Morgan fingerprint density at radius 3 is 2.72 bits per heavy atom. The van der Waals surface area contributed by atoms with Crippen molar-refractivity contribution in [3.05, 3.63) is 23.7 Å². The van der Waals surface area contributed by atoms with Crippen LogP contribution in [0.2, 0.25) is 0 Å². The lowest BCUT2D eigenvalue weighted by molar-refractivity contribution is -0.330. The van der Waals surface area contributed by atoms with Crippen molar-refractivity contribution < 1.29 is 33.7 Å². The molecule has 2 N–H and O–H groups in total. The molecule has 5 rings (SSSR count). The van der Waals surface area contributed by atoms with E-state index in [9.17, 15) is 19.8 Å². The third-order valence-corrected chi connectivity index (χ3v) is 8.62. The first-order chi connectivity index (χ1) is 13.5. The molecule has 3 aliphatic carbocycles. The van der Waals surface area contributed by atoms with E-state index in [1.54, 1.807) is 12.3 Å². The van der Waals surface area contributed by atoms with Gasteiger partial charge in [0.25, 0.3) is 0 Å². The monoisotopic (exact) mass is 404 g/mol. The first-order valence-corrected chi connectivity index (χ1v) is 10.4. The average molecular weight is 404 g/mol. The van der Waals surface area contributed by atoms with Gasteiger partial charge in [-0.2, -0.15) is 0 Å². The van der Waals surface area contributed by atoms with E-state index in [-0.39, 0.29) is 17.8 Å². The normalized spacial score (nSPS) is 46.9. The van der Waals surface area contributed by atoms with Gasteiger partial charge in [0.1, 0.15) is 17.5 Å². The predicted octanol–water partition coefficient (Wildman–Crippen LogP) is 1.94. The van der Waals surface area contributed by atoms with Crippen LogP contribution < -0.4 is 0 Å². The van der Waals surface area contributed by atoms with E-state index >= 15 is 0 Å². The van der Waals surface area contributed by atoms with Crippen LogP contribution in [0.1, 0.15) is 57.8 Å². The number of aliphatic hydroxyl groups is 2. The van der Waals surface area contributed by atoms with Gasteiger partial charge in [0.05, 0.1) is 18.3 Å². The molecule has 29 heavy (non-hydrogen) atoms. The van der Waals surface area contributed by atoms with Gasteiger partial charge in [-0.25, -0.2) is 0 Å². The fourth-order valence-electron chi connectivity index (χ4n) is 7.19. The summed E-state index contributed by atoms with van der Waals surface area (Å²) in [5, 5.41) is 23.6. The molecule has 4 aliphatic rings. The van der Waals surface area contributed by atoms with Crippen molar-refractivity contribution in [3.63, 3.8) is 0 Å². The van der Waals surface area contributed by atoms with E-state index in [0.29, 0.717) is 25.0 Å². The standard InChI is InChI=1S/C22H28O7/c1-10(23)28-18-17-16-12(9-13-11(6-8-27-13)15(16)19(25)29-17)21(4)14(24)5-7-20(2,3)22(18,21)26/h6,8,12,14-18,24,26H,5,7,9H2,1-4H3/t12-,14-,15+,16+,17+,18-,21-,22+/m1/s1. The lowest BCUT2D eigenvalue weighted by atomic mass is 9.39. The van der Waals surface area contributed by atoms with Crippen molar-refractivity contribution in [3.8, 4) is 0 Å². The zero-order chi connectivity index (χ0) is 20.9. The van der Waals surface area contributed by atoms with Crippen LogP contribution in [0.5, 0.6) is 0 Å². The molecule has 1 aliphatic heterocycles. The highest BCUT2D eigenvalue weighted by atomic mass is 16.6. The van der Waals surface area contributed by atoms with E-state index in [1.165, 1.54) is 6.92 Å². The van der Waals surface area contributed by atoms with E-state index < -0.39 is 46.6 Å². The number of ether oxygens (including phenoxy) is 2. The van der Waals surface area contributed by atoms with Crippen LogP contribution in [-0.2, 0) is 25.5 Å². The lowest BCUT2D eigenvalue weighted by Crippen LogP contribution is -2.79. The smallest absolute Gasteiger partial charge is 0.314 e. The van der Waals surface area contributed by atoms with E-state index in [0.717, 1.165) is 5.56 Å². The summed E-state index contributed by atoms with van der Waals surface area (Å²) in [6.45, 7) is 7.04. The van der Waals surface area contributed by atoms with E-state index in [1.807, 2.05) is 20.8 Å². The number of esters is 2. The molecule has 3 fully saturated rings. The van der Waals surface area contributed by atoms with Gasteiger partial charge in [-0.15, -0.1) is 0 Å². The highest BCUT2D eigenvalue weighted by Gasteiger charge is 2.78. The topological polar surface area (TPSA) is 106 Å². The summed E-state index contributed by atoms with van der Waals surface area (Å²) in [7, 11) is 0. The Morgan fingerprint density at radius 1 is 1.31 bits per heavy atom. The molecule has 0 aromatic carbocycles. The Balaban J connectivity index is 1.77. The van der Waals surface area contributed by atoms with Gasteiger partial charge in [0.15, 0.2) is 6.10 Å². The third kappa shape index (κ3) is 2.05. The number of hydrogen-bond acceptors (Lipinski definition) is 7. The fraction of sp³-hybridized carbons (Fsp3) is 0.727. The Hall–Kier alpha value is -1.86. The Bertz CT molecular complexity index is 887. The fourth-order valence-corrected chi connectivity index (χ4v) is 7.19. The minimum atomic E-state index is -1.57. The van der Waals surface area contributed by atoms with Gasteiger partial charge in [0.2, 0.25) is 0 Å². The molecule has 0 amide bonds. The van der Waals surface area contributed by atoms with Gasteiger partial charge < -0.3 is 24.1 Å². The third-order valence-electron chi connectivity index (χ3n) is 8.62. The second-order valence-electron chi connectivity index (χ2n) is 10.1. The Labute approximate surface area is 169 Å². The molecule has 0 unspecified atom stereocenters. The molecule has 7 heteroatoms. The predicted molar refractivity (Wildman–Crippen MR) is 99.6 cm³/mol. The maximum atomic E-state index is 13.0. The van der Waals surface area contributed by atoms with E-state index in [2.05, 4.69) is 0 Å². The maximum Gasteiger partial charge on any atom is 0.314 e. The number of carbonyl (C=O) groups is 2. The quantitative estimate of drug-likeness (QED) is 0.689. The largest absolute Gasteiger partial charge is 0.469 e. The minimum absolute atomic E-state index is 0.256. The van der Waals surface area contributed by atoms with Crippen molar-refractivity contribution in [2.45, 2.75) is 76.8 Å². The molecular weight excluding hydrogens is 376 g/mol. The minimum Gasteiger partial charge on any atom is -0.469 e. The number of hydrogen-bond donors (Lipinski definition) is 2. The van der Waals surface area contributed by atoms with Crippen LogP contribution in [0.15, 0.2) is 16.7 Å². The number of aliphatic hydroxyl groups excluding tert-OH is 1. The highest BCUT2D eigenvalue weighted by molar-refractivity contribution is 5.82. The molecular formula is C22H28O7. The SMILES string of the molecule is CC(=O)O[C@@H]1[C@H]2OC(=O)[C@H]3c4ccoc4C[C@H]([C@H]23)[C@]2(C)[C@H](O)CCC(C)(C)[C@@]12O. The molecule has 2 saturated carbocycles. The first-order valence-electron chi connectivity index (χ1n) is 10.4. The number of fused-ring (bicyclic) bond motifs is 4. The van der Waals surface area contributed by atoms with Crippen molar-refractivity contribution in [1.29, 1.82) is 0 Å². The van der Waals surface area contributed by atoms with Gasteiger partial charge in [-0.3, -0.25) is 9.59 Å². The molecule has 8 atom stereocenters. The average Bonchev–Trinajstić information content (AvgIpc) is 3.24. The molecule has 0 bridgehead atoms. The summed E-state index contributed by atoms with van der Waals surface area (Å²) in [5.74, 6) is -1.31. The molecule has 1 aromatic heterocycles. The zero-order valence-electron chi connectivity index (χ0n) is 17.2. The van der Waals surface area contributed by atoms with Crippen LogP contribution in [0.3, 0.4) is 0 Å². The van der Waals surface area contributed by atoms with Gasteiger partial charge in [-0.05, 0) is 30.2 Å². The second-order valence-corrected chi connectivity index (χ2v) is 10.1. The van der Waals surface area contributed by atoms with Crippen LogP contribution >= 0.6 is 0 Å². The molecule has 1 saturated heterocycles. The maximum absolute atomic E-state index is 13.0. The summed E-state index contributed by atoms with van der Waals surface area (Å²) in [6.07, 6.45) is 0.544. The van der Waals surface area contributed by atoms with Crippen LogP contribution in [0.4, 0.5) is 0 Å². The first kappa shape index (κ1) is 19.1. The summed E-state index contributed by atoms with van der Waals surface area (Å²) in [6, 6.07) is 1.80. The molecule has 0 spiro atoms. The van der Waals surface area contributed by atoms with Crippen LogP contribution in [-0.4, -0.2) is 46.1 Å². The van der Waals surface area contributed by atoms with Crippen molar-refractivity contribution in [1.82, 2.24) is 0 Å². The number of rotatable bonds is 1. The summed E-state index contributed by atoms with van der Waals surface area (Å²) < 4.78 is 17.2. The van der Waals surface area contributed by atoms with Crippen LogP contribution in [0, 0.1) is 22.7 Å². The van der Waals surface area contributed by atoms with Gasteiger partial charge >= 0.3 is 11.9 Å². The Kier molecular flexibility index (Phi) is 3.72. The molecule has 7 nitrogen and oxygen atoms in total. The van der Waals surface area contributed by atoms with Gasteiger partial charge in [-0.1, -0.05) is 20.8 Å². The van der Waals surface area contributed by atoms with Crippen molar-refractivity contribution in [2.75, 3.05) is 0 Å². The molecule has 2 heterocycles. The van der Waals surface area contributed by atoms with Crippen molar-refractivity contribution >= 4 is 11.9 Å². The summed E-state index contributed by atoms with van der Waals surface area (Å²) >= 11 is 0. The van der Waals surface area contributed by atoms with Crippen LogP contribution in [0.25, 0.3) is 0 Å². The zero-order valence-corrected chi connectivity index (χ0v) is 17.2.